The maximum atomic E-state index is 11.5. The van der Waals surface area contributed by atoms with E-state index in [4.69, 9.17) is 0 Å². The summed E-state index contributed by atoms with van der Waals surface area (Å²) in [5.74, 6) is 0.344. The molecule has 0 radical (unpaired) electrons. The molecule has 0 amide bonds. The van der Waals surface area contributed by atoms with Gasteiger partial charge in [0.15, 0.2) is 9.84 Å². The molecule has 0 fully saturated rings. The van der Waals surface area contributed by atoms with Gasteiger partial charge < -0.3 is 0 Å². The first-order valence-corrected chi connectivity index (χ1v) is 8.39. The molecule has 0 aliphatic heterocycles. The van der Waals surface area contributed by atoms with Gasteiger partial charge in [0, 0.05) is 4.83 Å². The summed E-state index contributed by atoms with van der Waals surface area (Å²) in [5.41, 5.74) is 0. The molecule has 0 saturated carbocycles. The monoisotopic (exact) mass is 298 g/mol. The van der Waals surface area contributed by atoms with Gasteiger partial charge in [-0.05, 0) is 33.1 Å². The second-order valence-corrected chi connectivity index (χ2v) is 8.27. The van der Waals surface area contributed by atoms with E-state index in [2.05, 4.69) is 22.9 Å². The first-order valence-electron chi connectivity index (χ1n) is 5.75. The summed E-state index contributed by atoms with van der Waals surface area (Å²) in [7, 11) is -2.82. The molecule has 0 aliphatic rings. The van der Waals surface area contributed by atoms with Crippen molar-refractivity contribution in [3.63, 3.8) is 0 Å². The number of sulfone groups is 1. The predicted molar refractivity (Wildman–Crippen MR) is 70.4 cm³/mol. The second kappa shape index (κ2) is 7.66. The van der Waals surface area contributed by atoms with Crippen LogP contribution in [0.25, 0.3) is 0 Å². The quantitative estimate of drug-likeness (QED) is 0.507. The largest absolute Gasteiger partial charge is 0.229 e. The van der Waals surface area contributed by atoms with Crippen LogP contribution in [0.5, 0.6) is 0 Å². The first kappa shape index (κ1) is 15.4. The minimum Gasteiger partial charge on any atom is -0.229 e. The van der Waals surface area contributed by atoms with E-state index in [1.165, 1.54) is 12.8 Å². The standard InChI is InChI=1S/C11H23BrO2S/c1-4-7-11(12)8-5-6-9-15(13,14)10(2)3/h10-11H,4-9H2,1-3H3. The number of rotatable bonds is 8. The highest BCUT2D eigenvalue weighted by molar-refractivity contribution is 9.09. The van der Waals surface area contributed by atoms with Gasteiger partial charge in [-0.15, -0.1) is 0 Å². The highest BCUT2D eigenvalue weighted by Gasteiger charge is 2.15. The van der Waals surface area contributed by atoms with E-state index >= 15 is 0 Å². The lowest BCUT2D eigenvalue weighted by Crippen LogP contribution is -2.17. The third kappa shape index (κ3) is 7.34. The zero-order valence-corrected chi connectivity index (χ0v) is 12.4. The van der Waals surface area contributed by atoms with Crippen LogP contribution < -0.4 is 0 Å². The van der Waals surface area contributed by atoms with Crippen LogP contribution in [0.2, 0.25) is 0 Å². The molecule has 0 aromatic carbocycles. The van der Waals surface area contributed by atoms with E-state index in [0.717, 1.165) is 19.3 Å². The Morgan fingerprint density at radius 2 is 1.73 bits per heavy atom. The number of alkyl halides is 1. The van der Waals surface area contributed by atoms with E-state index < -0.39 is 9.84 Å². The SMILES string of the molecule is CCCC(Br)CCCCS(=O)(=O)C(C)C. The molecule has 0 saturated heterocycles. The van der Waals surface area contributed by atoms with Crippen molar-refractivity contribution >= 4 is 25.8 Å². The van der Waals surface area contributed by atoms with E-state index in [1.807, 2.05) is 0 Å². The van der Waals surface area contributed by atoms with Gasteiger partial charge in [-0.2, -0.15) is 0 Å². The number of halogens is 1. The zero-order valence-electron chi connectivity index (χ0n) is 10.0. The molecule has 0 spiro atoms. The van der Waals surface area contributed by atoms with Crippen LogP contribution in [0.15, 0.2) is 0 Å². The van der Waals surface area contributed by atoms with Gasteiger partial charge in [-0.1, -0.05) is 35.7 Å². The summed E-state index contributed by atoms with van der Waals surface area (Å²) in [4.78, 5) is 0.559. The van der Waals surface area contributed by atoms with Gasteiger partial charge >= 0.3 is 0 Å². The maximum absolute atomic E-state index is 11.5. The van der Waals surface area contributed by atoms with Gasteiger partial charge in [-0.3, -0.25) is 0 Å². The molecule has 0 aromatic rings. The molecule has 0 bridgehead atoms. The Labute approximate surface area is 103 Å². The van der Waals surface area contributed by atoms with Crippen molar-refractivity contribution in [3.05, 3.63) is 0 Å². The van der Waals surface area contributed by atoms with Crippen molar-refractivity contribution in [1.82, 2.24) is 0 Å². The van der Waals surface area contributed by atoms with Crippen molar-refractivity contribution in [2.45, 2.75) is 63.0 Å². The maximum Gasteiger partial charge on any atom is 0.152 e. The molecule has 15 heavy (non-hydrogen) atoms. The Bertz CT molecular complexity index is 247. The van der Waals surface area contributed by atoms with Crippen molar-refractivity contribution < 1.29 is 8.42 Å². The lowest BCUT2D eigenvalue weighted by atomic mass is 10.1. The summed E-state index contributed by atoms with van der Waals surface area (Å²) in [6.45, 7) is 5.66. The second-order valence-electron chi connectivity index (χ2n) is 4.30. The fourth-order valence-corrected chi connectivity index (χ4v) is 3.22. The molecule has 2 nitrogen and oxygen atoms in total. The van der Waals surface area contributed by atoms with Crippen LogP contribution in [-0.2, 0) is 9.84 Å². The molecule has 0 heterocycles. The minimum atomic E-state index is -2.82. The molecule has 1 atom stereocenters. The highest BCUT2D eigenvalue weighted by atomic mass is 79.9. The third-order valence-corrected chi connectivity index (χ3v) is 5.73. The van der Waals surface area contributed by atoms with Gasteiger partial charge in [0.1, 0.15) is 0 Å². The summed E-state index contributed by atoms with van der Waals surface area (Å²) in [6, 6.07) is 0. The molecule has 92 valence electrons. The smallest absolute Gasteiger partial charge is 0.152 e. The van der Waals surface area contributed by atoms with Crippen molar-refractivity contribution in [3.8, 4) is 0 Å². The Morgan fingerprint density at radius 3 is 2.20 bits per heavy atom. The first-order chi connectivity index (χ1) is 6.90. The fourth-order valence-electron chi connectivity index (χ4n) is 1.36. The molecule has 4 heteroatoms. The van der Waals surface area contributed by atoms with E-state index in [1.54, 1.807) is 13.8 Å². The lowest BCUT2D eigenvalue weighted by molar-refractivity contribution is 0.578. The summed E-state index contributed by atoms with van der Waals surface area (Å²) >= 11 is 3.60. The van der Waals surface area contributed by atoms with E-state index in [0.29, 0.717) is 10.6 Å². The number of hydrogen-bond acceptors (Lipinski definition) is 2. The summed E-state index contributed by atoms with van der Waals surface area (Å²) < 4.78 is 23.0. The van der Waals surface area contributed by atoms with Crippen LogP contribution in [0.3, 0.4) is 0 Å². The zero-order chi connectivity index (χ0) is 11.9. The predicted octanol–water partition coefficient (Wildman–Crippen LogP) is 3.54. The Morgan fingerprint density at radius 1 is 1.13 bits per heavy atom. The van der Waals surface area contributed by atoms with Gasteiger partial charge in [0.25, 0.3) is 0 Å². The number of unbranched alkanes of at least 4 members (excludes halogenated alkanes) is 1. The topological polar surface area (TPSA) is 34.1 Å². The van der Waals surface area contributed by atoms with E-state index in [9.17, 15) is 8.42 Å². The summed E-state index contributed by atoms with van der Waals surface area (Å²) in [6.07, 6.45) is 5.24. The minimum absolute atomic E-state index is 0.229. The van der Waals surface area contributed by atoms with Crippen LogP contribution in [0.1, 0.15) is 52.9 Å². The van der Waals surface area contributed by atoms with Gasteiger partial charge in [0.2, 0.25) is 0 Å². The van der Waals surface area contributed by atoms with Crippen molar-refractivity contribution in [2.24, 2.45) is 0 Å². The average Bonchev–Trinajstić information content (AvgIpc) is 2.13. The molecule has 0 aromatic heterocycles. The molecular weight excluding hydrogens is 276 g/mol. The highest BCUT2D eigenvalue weighted by Crippen LogP contribution is 2.16. The molecule has 0 rings (SSSR count). The molecule has 1 unspecified atom stereocenters. The molecule has 0 aliphatic carbocycles. The van der Waals surface area contributed by atoms with Crippen LogP contribution >= 0.6 is 15.9 Å². The van der Waals surface area contributed by atoms with Crippen LogP contribution in [0, 0.1) is 0 Å². The Hall–Kier alpha value is 0.430. The third-order valence-electron chi connectivity index (χ3n) is 2.52. The normalized spacial score (nSPS) is 14.5. The Balaban J connectivity index is 3.63. The van der Waals surface area contributed by atoms with Gasteiger partial charge in [-0.25, -0.2) is 8.42 Å². The number of hydrogen-bond donors (Lipinski definition) is 0. The molecule has 0 N–H and O–H groups in total. The fraction of sp³-hybridized carbons (Fsp3) is 1.00. The average molecular weight is 299 g/mol. The van der Waals surface area contributed by atoms with Gasteiger partial charge in [0.05, 0.1) is 11.0 Å². The Kier molecular flexibility index (Phi) is 7.88. The van der Waals surface area contributed by atoms with Crippen molar-refractivity contribution in [1.29, 1.82) is 0 Å². The van der Waals surface area contributed by atoms with Crippen LogP contribution in [0.4, 0.5) is 0 Å². The summed E-state index contributed by atoms with van der Waals surface area (Å²) in [5, 5.41) is -0.229. The van der Waals surface area contributed by atoms with E-state index in [-0.39, 0.29) is 5.25 Å². The lowest BCUT2D eigenvalue weighted by Gasteiger charge is -2.09. The molecular formula is C11H23BrO2S. The van der Waals surface area contributed by atoms with Crippen LogP contribution in [-0.4, -0.2) is 24.2 Å². The van der Waals surface area contributed by atoms with Crippen molar-refractivity contribution in [2.75, 3.05) is 5.75 Å².